The Labute approximate surface area is 189 Å². The van der Waals surface area contributed by atoms with Crippen molar-refractivity contribution in [1.29, 1.82) is 0 Å². The number of rotatable bonds is 7. The summed E-state index contributed by atoms with van der Waals surface area (Å²) in [5, 5.41) is 4.82. The monoisotopic (exact) mass is 426 g/mol. The fraction of sp³-hybridized carbons (Fsp3) is 0.346. The van der Waals surface area contributed by atoms with E-state index in [9.17, 15) is 0 Å². The molecule has 4 heterocycles. The van der Waals surface area contributed by atoms with Crippen LogP contribution in [0, 0.1) is 6.92 Å². The average molecular weight is 427 g/mol. The van der Waals surface area contributed by atoms with Gasteiger partial charge in [-0.15, -0.1) is 0 Å². The number of aryl methyl sites for hydroxylation is 3. The van der Waals surface area contributed by atoms with Crippen LogP contribution in [0.4, 0.5) is 0 Å². The van der Waals surface area contributed by atoms with Gasteiger partial charge in [-0.1, -0.05) is 27.7 Å². The lowest BCUT2D eigenvalue weighted by molar-refractivity contribution is 0.608. The molecule has 0 aliphatic rings. The smallest absolute Gasteiger partial charge is 0.115 e. The van der Waals surface area contributed by atoms with E-state index < -0.39 is 0 Å². The molecule has 0 saturated carbocycles. The summed E-state index contributed by atoms with van der Waals surface area (Å²) in [7, 11) is 0. The Morgan fingerprint density at radius 2 is 1.50 bits per heavy atom. The predicted octanol–water partition coefficient (Wildman–Crippen LogP) is 5.60. The molecule has 0 aliphatic carbocycles. The molecule has 0 aromatic carbocycles. The van der Waals surface area contributed by atoms with E-state index in [1.807, 2.05) is 30.2 Å². The lowest BCUT2D eigenvalue weighted by Crippen LogP contribution is -2.06. The van der Waals surface area contributed by atoms with Gasteiger partial charge in [-0.3, -0.25) is 14.6 Å². The molecule has 6 heteroatoms. The van der Waals surface area contributed by atoms with Crippen molar-refractivity contribution in [2.75, 3.05) is 0 Å². The van der Waals surface area contributed by atoms with Gasteiger partial charge < -0.3 is 0 Å². The van der Waals surface area contributed by atoms with E-state index in [0.717, 1.165) is 58.1 Å². The van der Waals surface area contributed by atoms with Crippen molar-refractivity contribution in [1.82, 2.24) is 29.7 Å². The number of nitrogens with zero attached hydrogens (tertiary/aromatic N) is 6. The minimum Gasteiger partial charge on any atom is -0.272 e. The van der Waals surface area contributed by atoms with Gasteiger partial charge in [0.2, 0.25) is 0 Å². The lowest BCUT2D eigenvalue weighted by Gasteiger charge is -2.11. The molecule has 164 valence electrons. The fourth-order valence-corrected chi connectivity index (χ4v) is 3.66. The molecule has 0 saturated heterocycles. The van der Waals surface area contributed by atoms with E-state index in [2.05, 4.69) is 73.0 Å². The van der Waals surface area contributed by atoms with Crippen molar-refractivity contribution in [3.05, 3.63) is 78.0 Å². The Balaban J connectivity index is 1.55. The largest absolute Gasteiger partial charge is 0.272 e. The van der Waals surface area contributed by atoms with Crippen LogP contribution in [0.2, 0.25) is 0 Å². The molecule has 0 radical (unpaired) electrons. The summed E-state index contributed by atoms with van der Waals surface area (Å²) in [5.41, 5.74) is 8.46. The lowest BCUT2D eigenvalue weighted by atomic mass is 10.0. The third kappa shape index (κ3) is 5.07. The number of pyridine rings is 2. The highest BCUT2D eigenvalue weighted by Crippen LogP contribution is 2.24. The molecule has 4 aromatic rings. The van der Waals surface area contributed by atoms with Gasteiger partial charge in [-0.2, -0.15) is 5.10 Å². The molecule has 0 unspecified atom stereocenters. The Morgan fingerprint density at radius 1 is 0.812 bits per heavy atom. The van der Waals surface area contributed by atoms with Crippen LogP contribution >= 0.6 is 0 Å². The standard InChI is InChI=1S/C26H30N6/c1-17(2)25-13-21(10-19(5)29-25)24-7-9-32(31-24)8-6-23-11-20(12-26(30-23)18(3)4)22-14-27-16-28-15-22/h7,9-18H,6,8H2,1-5H3. The van der Waals surface area contributed by atoms with Gasteiger partial charge in [-0.05, 0) is 54.7 Å². The zero-order valence-electron chi connectivity index (χ0n) is 19.4. The quantitative estimate of drug-likeness (QED) is 0.385. The number of aromatic nitrogens is 6. The van der Waals surface area contributed by atoms with Crippen LogP contribution in [0.15, 0.2) is 55.2 Å². The second kappa shape index (κ2) is 9.39. The summed E-state index contributed by atoms with van der Waals surface area (Å²) in [5.74, 6) is 0.735. The van der Waals surface area contributed by atoms with Crippen LogP contribution in [-0.4, -0.2) is 29.7 Å². The number of hydrogen-bond acceptors (Lipinski definition) is 5. The van der Waals surface area contributed by atoms with Crippen LogP contribution in [0.5, 0.6) is 0 Å². The molecule has 0 aliphatic heterocycles. The van der Waals surface area contributed by atoms with E-state index in [1.165, 1.54) is 0 Å². The highest BCUT2D eigenvalue weighted by atomic mass is 15.3. The highest BCUT2D eigenvalue weighted by Gasteiger charge is 2.11. The Hall–Kier alpha value is -3.41. The fourth-order valence-electron chi connectivity index (χ4n) is 3.66. The van der Waals surface area contributed by atoms with Crippen molar-refractivity contribution in [2.24, 2.45) is 0 Å². The van der Waals surface area contributed by atoms with E-state index >= 15 is 0 Å². The zero-order chi connectivity index (χ0) is 22.7. The van der Waals surface area contributed by atoms with Crippen LogP contribution in [0.1, 0.15) is 62.3 Å². The minimum absolute atomic E-state index is 0.347. The van der Waals surface area contributed by atoms with Gasteiger partial charge >= 0.3 is 0 Å². The van der Waals surface area contributed by atoms with Crippen LogP contribution in [-0.2, 0) is 13.0 Å². The molecule has 0 N–H and O–H groups in total. The Kier molecular flexibility index (Phi) is 6.40. The number of hydrogen-bond donors (Lipinski definition) is 0. The van der Waals surface area contributed by atoms with Gasteiger partial charge in [0.05, 0.1) is 5.69 Å². The van der Waals surface area contributed by atoms with Gasteiger partial charge in [0.15, 0.2) is 0 Å². The van der Waals surface area contributed by atoms with Crippen LogP contribution in [0.25, 0.3) is 22.4 Å². The second-order valence-electron chi connectivity index (χ2n) is 8.84. The predicted molar refractivity (Wildman–Crippen MR) is 127 cm³/mol. The minimum atomic E-state index is 0.347. The maximum absolute atomic E-state index is 4.89. The van der Waals surface area contributed by atoms with Crippen molar-refractivity contribution in [3.63, 3.8) is 0 Å². The van der Waals surface area contributed by atoms with Crippen molar-refractivity contribution in [2.45, 2.75) is 59.4 Å². The van der Waals surface area contributed by atoms with Gasteiger partial charge in [-0.25, -0.2) is 9.97 Å². The first-order chi connectivity index (χ1) is 15.4. The van der Waals surface area contributed by atoms with Crippen LogP contribution < -0.4 is 0 Å². The molecular weight excluding hydrogens is 396 g/mol. The summed E-state index contributed by atoms with van der Waals surface area (Å²) in [6.45, 7) is 11.5. The molecule has 32 heavy (non-hydrogen) atoms. The van der Waals surface area contributed by atoms with E-state index in [4.69, 9.17) is 10.1 Å². The van der Waals surface area contributed by atoms with Crippen LogP contribution in [0.3, 0.4) is 0 Å². The Morgan fingerprint density at radius 3 is 2.22 bits per heavy atom. The summed E-state index contributed by atoms with van der Waals surface area (Å²) < 4.78 is 2.00. The molecule has 0 fully saturated rings. The SMILES string of the molecule is Cc1cc(-c2ccn(CCc3cc(-c4cncnc4)cc(C(C)C)n3)n2)cc(C(C)C)n1. The topological polar surface area (TPSA) is 69.4 Å². The maximum atomic E-state index is 4.89. The molecule has 0 spiro atoms. The van der Waals surface area contributed by atoms with Crippen molar-refractivity contribution < 1.29 is 0 Å². The summed E-state index contributed by atoms with van der Waals surface area (Å²) in [6.07, 6.45) is 8.09. The summed E-state index contributed by atoms with van der Waals surface area (Å²) in [6, 6.07) is 10.6. The zero-order valence-corrected chi connectivity index (χ0v) is 19.4. The maximum Gasteiger partial charge on any atom is 0.115 e. The highest BCUT2D eigenvalue weighted by molar-refractivity contribution is 5.62. The molecule has 0 atom stereocenters. The van der Waals surface area contributed by atoms with E-state index in [-0.39, 0.29) is 0 Å². The molecule has 0 bridgehead atoms. The molecule has 4 aromatic heterocycles. The first-order valence-corrected chi connectivity index (χ1v) is 11.2. The molecule has 0 amide bonds. The van der Waals surface area contributed by atoms with E-state index in [0.29, 0.717) is 11.8 Å². The molecule has 6 nitrogen and oxygen atoms in total. The first kappa shape index (κ1) is 21.8. The molecular formula is C26H30N6. The van der Waals surface area contributed by atoms with Gasteiger partial charge in [0.25, 0.3) is 0 Å². The average Bonchev–Trinajstić information content (AvgIpc) is 3.27. The third-order valence-electron chi connectivity index (χ3n) is 5.48. The molecule has 4 rings (SSSR count). The van der Waals surface area contributed by atoms with Gasteiger partial charge in [0, 0.05) is 65.5 Å². The van der Waals surface area contributed by atoms with E-state index in [1.54, 1.807) is 6.33 Å². The summed E-state index contributed by atoms with van der Waals surface area (Å²) >= 11 is 0. The third-order valence-corrected chi connectivity index (χ3v) is 5.48. The summed E-state index contributed by atoms with van der Waals surface area (Å²) in [4.78, 5) is 17.9. The van der Waals surface area contributed by atoms with Gasteiger partial charge in [0.1, 0.15) is 6.33 Å². The second-order valence-corrected chi connectivity index (χ2v) is 8.84. The first-order valence-electron chi connectivity index (χ1n) is 11.2. The normalized spacial score (nSPS) is 11.5. The van der Waals surface area contributed by atoms with Crippen molar-refractivity contribution >= 4 is 0 Å². The Bertz CT molecular complexity index is 1190. The van der Waals surface area contributed by atoms with Crippen molar-refractivity contribution in [3.8, 4) is 22.4 Å².